The molecule has 0 aliphatic heterocycles. The van der Waals surface area contributed by atoms with Gasteiger partial charge in [0, 0.05) is 11.3 Å². The second kappa shape index (κ2) is 6.66. The Bertz CT molecular complexity index is 783. The molecular weight excluding hydrogens is 352 g/mol. The summed E-state index contributed by atoms with van der Waals surface area (Å²) in [6.45, 7) is 0. The Labute approximate surface area is 138 Å². The lowest BCUT2D eigenvalue weighted by molar-refractivity contribution is -0.167. The quantitative estimate of drug-likeness (QED) is 0.790. The number of halogens is 6. The third-order valence-corrected chi connectivity index (χ3v) is 3.23. The highest BCUT2D eigenvalue weighted by Crippen LogP contribution is 2.37. The van der Waals surface area contributed by atoms with E-state index in [0.717, 1.165) is 12.1 Å². The molecule has 9 heteroatoms. The first-order valence-electron chi connectivity index (χ1n) is 6.76. The Morgan fingerprint density at radius 2 is 1.68 bits per heavy atom. The number of methoxy groups -OCH3 is 1. The average Bonchev–Trinajstić information content (AvgIpc) is 2.53. The van der Waals surface area contributed by atoms with E-state index in [1.807, 2.05) is 0 Å². The Morgan fingerprint density at radius 3 is 2.24 bits per heavy atom. The monoisotopic (exact) mass is 363 g/mol. The van der Waals surface area contributed by atoms with Crippen molar-refractivity contribution in [2.24, 2.45) is 0 Å². The van der Waals surface area contributed by atoms with Gasteiger partial charge in [-0.2, -0.15) is 26.3 Å². The number of amides is 1. The smallest absolute Gasteiger partial charge is 0.471 e. The number of carbonyl (C=O) groups is 1. The molecule has 1 N–H and O–H groups in total. The average molecular weight is 363 g/mol. The van der Waals surface area contributed by atoms with Crippen LogP contribution in [-0.2, 0) is 11.0 Å². The van der Waals surface area contributed by atoms with E-state index in [-0.39, 0.29) is 11.1 Å². The lowest BCUT2D eigenvalue weighted by Gasteiger charge is -2.16. The van der Waals surface area contributed by atoms with Crippen molar-refractivity contribution in [2.45, 2.75) is 12.4 Å². The topological polar surface area (TPSA) is 38.3 Å². The molecular formula is C16H11F6NO2. The van der Waals surface area contributed by atoms with Crippen molar-refractivity contribution >= 4 is 11.6 Å². The van der Waals surface area contributed by atoms with Gasteiger partial charge in [0.15, 0.2) is 0 Å². The van der Waals surface area contributed by atoms with Crippen LogP contribution in [0.15, 0.2) is 42.5 Å². The molecule has 0 radical (unpaired) electrons. The summed E-state index contributed by atoms with van der Waals surface area (Å²) in [5.74, 6) is -2.01. The number of rotatable bonds is 3. The Balaban J connectivity index is 2.56. The maximum atomic E-state index is 12.8. The van der Waals surface area contributed by atoms with E-state index in [2.05, 4.69) is 0 Å². The summed E-state index contributed by atoms with van der Waals surface area (Å²) in [5, 5.41) is 1.49. The summed E-state index contributed by atoms with van der Waals surface area (Å²) in [4.78, 5) is 11.2. The number of carbonyl (C=O) groups excluding carboxylic acids is 1. The summed E-state index contributed by atoms with van der Waals surface area (Å²) in [5.41, 5.74) is -1.52. The van der Waals surface area contributed by atoms with Gasteiger partial charge in [0.1, 0.15) is 5.75 Å². The number of alkyl halides is 6. The van der Waals surface area contributed by atoms with Crippen molar-refractivity contribution in [1.82, 2.24) is 0 Å². The zero-order valence-corrected chi connectivity index (χ0v) is 12.6. The number of hydrogen-bond donors (Lipinski definition) is 1. The van der Waals surface area contributed by atoms with Crippen LogP contribution in [0.5, 0.6) is 5.75 Å². The fraction of sp³-hybridized carbons (Fsp3) is 0.188. The van der Waals surface area contributed by atoms with Crippen LogP contribution in [0.3, 0.4) is 0 Å². The normalized spacial score (nSPS) is 12.0. The molecule has 0 aliphatic rings. The molecule has 0 aromatic heterocycles. The second-order valence-corrected chi connectivity index (χ2v) is 4.94. The molecule has 1 amide bonds. The molecule has 0 bridgehead atoms. The van der Waals surface area contributed by atoms with Crippen molar-refractivity contribution in [1.29, 1.82) is 0 Å². The molecule has 2 rings (SSSR count). The molecule has 0 heterocycles. The van der Waals surface area contributed by atoms with Crippen LogP contribution in [0.4, 0.5) is 32.0 Å². The fourth-order valence-corrected chi connectivity index (χ4v) is 2.06. The highest BCUT2D eigenvalue weighted by molar-refractivity contribution is 5.98. The first-order valence-corrected chi connectivity index (χ1v) is 6.76. The molecule has 0 aliphatic carbocycles. The van der Waals surface area contributed by atoms with Crippen molar-refractivity contribution in [3.05, 3.63) is 48.0 Å². The van der Waals surface area contributed by atoms with E-state index >= 15 is 0 Å². The van der Waals surface area contributed by atoms with Crippen LogP contribution in [0.25, 0.3) is 11.1 Å². The van der Waals surface area contributed by atoms with E-state index in [9.17, 15) is 31.1 Å². The second-order valence-electron chi connectivity index (χ2n) is 4.94. The molecule has 0 unspecified atom stereocenters. The van der Waals surface area contributed by atoms with Gasteiger partial charge < -0.3 is 10.1 Å². The van der Waals surface area contributed by atoms with Gasteiger partial charge in [0.25, 0.3) is 0 Å². The third kappa shape index (κ3) is 4.43. The van der Waals surface area contributed by atoms with Crippen LogP contribution in [-0.4, -0.2) is 19.2 Å². The highest BCUT2D eigenvalue weighted by Gasteiger charge is 2.39. The number of ether oxygens (including phenoxy) is 1. The van der Waals surface area contributed by atoms with E-state index in [1.165, 1.54) is 30.6 Å². The minimum Gasteiger partial charge on any atom is -0.497 e. The molecule has 25 heavy (non-hydrogen) atoms. The Hall–Kier alpha value is -2.71. The zero-order chi connectivity index (χ0) is 18.8. The largest absolute Gasteiger partial charge is 0.497 e. The van der Waals surface area contributed by atoms with E-state index < -0.39 is 29.5 Å². The number of anilines is 1. The van der Waals surface area contributed by atoms with Gasteiger partial charge in [-0.3, -0.25) is 4.79 Å². The van der Waals surface area contributed by atoms with Gasteiger partial charge in [-0.15, -0.1) is 0 Å². The molecule has 134 valence electrons. The van der Waals surface area contributed by atoms with Gasteiger partial charge in [-0.1, -0.05) is 18.2 Å². The summed E-state index contributed by atoms with van der Waals surface area (Å²) in [6.07, 6.45) is -10.0. The summed E-state index contributed by atoms with van der Waals surface area (Å²) in [6, 6.07) is 8.13. The van der Waals surface area contributed by atoms with Crippen LogP contribution in [0.1, 0.15) is 5.56 Å². The van der Waals surface area contributed by atoms with Crippen molar-refractivity contribution < 1.29 is 35.9 Å². The summed E-state index contributed by atoms with van der Waals surface area (Å²) >= 11 is 0. The van der Waals surface area contributed by atoms with Crippen molar-refractivity contribution in [3.8, 4) is 16.9 Å². The van der Waals surface area contributed by atoms with E-state index in [4.69, 9.17) is 4.74 Å². The van der Waals surface area contributed by atoms with E-state index in [1.54, 1.807) is 6.07 Å². The number of benzene rings is 2. The lowest BCUT2D eigenvalue weighted by atomic mass is 10.0. The summed E-state index contributed by atoms with van der Waals surface area (Å²) in [7, 11) is 1.36. The number of nitrogens with one attached hydrogen (secondary N) is 1. The molecule has 0 saturated carbocycles. The highest BCUT2D eigenvalue weighted by atomic mass is 19.4. The third-order valence-electron chi connectivity index (χ3n) is 3.23. The van der Waals surface area contributed by atoms with Gasteiger partial charge >= 0.3 is 18.3 Å². The first kappa shape index (κ1) is 18.6. The van der Waals surface area contributed by atoms with Crippen molar-refractivity contribution in [3.63, 3.8) is 0 Å². The van der Waals surface area contributed by atoms with Crippen molar-refractivity contribution in [2.75, 3.05) is 12.4 Å². The molecule has 2 aromatic carbocycles. The fourth-order valence-electron chi connectivity index (χ4n) is 2.06. The molecule has 0 fully saturated rings. The van der Waals surface area contributed by atoms with E-state index in [0.29, 0.717) is 11.8 Å². The predicted molar refractivity (Wildman–Crippen MR) is 78.1 cm³/mol. The standard InChI is InChI=1S/C16H11F6NO2/c1-25-11-4-2-3-9(7-11)12-6-5-10(15(17,18)19)8-13(12)23-14(24)16(20,21)22/h2-8H,1H3,(H,23,24). The van der Waals surface area contributed by atoms with Crippen LogP contribution < -0.4 is 10.1 Å². The Kier molecular flexibility index (Phi) is 4.96. The molecule has 2 aromatic rings. The molecule has 3 nitrogen and oxygen atoms in total. The summed E-state index contributed by atoms with van der Waals surface area (Å²) < 4.78 is 80.9. The zero-order valence-electron chi connectivity index (χ0n) is 12.6. The molecule has 0 spiro atoms. The maximum absolute atomic E-state index is 12.8. The first-order chi connectivity index (χ1) is 11.5. The van der Waals surface area contributed by atoms with Crippen LogP contribution >= 0.6 is 0 Å². The molecule has 0 saturated heterocycles. The van der Waals surface area contributed by atoms with Crippen LogP contribution in [0, 0.1) is 0 Å². The van der Waals surface area contributed by atoms with Gasteiger partial charge in [-0.25, -0.2) is 0 Å². The maximum Gasteiger partial charge on any atom is 0.471 e. The lowest BCUT2D eigenvalue weighted by Crippen LogP contribution is -2.30. The minimum absolute atomic E-state index is 0.00972. The van der Waals surface area contributed by atoms with Gasteiger partial charge in [0.2, 0.25) is 0 Å². The number of hydrogen-bond acceptors (Lipinski definition) is 2. The molecule has 0 atom stereocenters. The van der Waals surface area contributed by atoms with Gasteiger partial charge in [0.05, 0.1) is 12.7 Å². The minimum atomic E-state index is -5.24. The SMILES string of the molecule is COc1cccc(-c2ccc(C(F)(F)F)cc2NC(=O)C(F)(F)F)c1. The Morgan fingerprint density at radius 1 is 1.00 bits per heavy atom. The van der Waals surface area contributed by atoms with Crippen LogP contribution in [0.2, 0.25) is 0 Å². The van der Waals surface area contributed by atoms with Gasteiger partial charge in [-0.05, 0) is 29.8 Å². The predicted octanol–water partition coefficient (Wildman–Crippen LogP) is 4.88.